The van der Waals surface area contributed by atoms with Crippen LogP contribution in [0.3, 0.4) is 0 Å². The second-order valence-corrected chi connectivity index (χ2v) is 9.11. The Morgan fingerprint density at radius 1 is 0.654 bits per heavy atom. The van der Waals surface area contributed by atoms with Crippen LogP contribution in [0.15, 0.2) is 18.2 Å². The Bertz CT molecular complexity index is 720. The van der Waals surface area contributed by atoms with Gasteiger partial charge < -0.3 is 0 Å². The molecular weight excluding hydrogens is 316 g/mol. The first-order valence-corrected chi connectivity index (χ1v) is 10.3. The molecule has 0 saturated carbocycles. The molecule has 26 heavy (non-hydrogen) atoms. The van der Waals surface area contributed by atoms with Gasteiger partial charge in [0.2, 0.25) is 0 Å². The molecule has 0 N–H and O–H groups in total. The lowest BCUT2D eigenvalue weighted by molar-refractivity contribution is 0.491. The number of benzene rings is 1. The van der Waals surface area contributed by atoms with E-state index in [4.69, 9.17) is 5.10 Å². The van der Waals surface area contributed by atoms with Gasteiger partial charge in [-0.2, -0.15) is 5.10 Å². The van der Waals surface area contributed by atoms with E-state index >= 15 is 0 Å². The first-order chi connectivity index (χ1) is 12.1. The highest BCUT2D eigenvalue weighted by atomic mass is 15.3. The maximum absolute atomic E-state index is 5.12. The molecule has 2 rings (SSSR count). The highest BCUT2D eigenvalue weighted by Crippen LogP contribution is 2.43. The second kappa shape index (κ2) is 7.98. The summed E-state index contributed by atoms with van der Waals surface area (Å²) in [6, 6.07) is 7.22. The number of nitrogens with zero attached hydrogens (tertiary/aromatic N) is 2. The molecular formula is C24H38N2. The molecule has 2 aromatic rings. The quantitative estimate of drug-likeness (QED) is 0.521. The Balaban J connectivity index is 3.00. The largest absolute Gasteiger partial charge is 0.266 e. The van der Waals surface area contributed by atoms with Crippen molar-refractivity contribution in [2.24, 2.45) is 0 Å². The minimum atomic E-state index is 0.368. The molecule has 2 heteroatoms. The summed E-state index contributed by atoms with van der Waals surface area (Å²) < 4.78 is 2.27. The number of hydrogen-bond donors (Lipinski definition) is 0. The topological polar surface area (TPSA) is 17.8 Å². The van der Waals surface area contributed by atoms with Crippen LogP contribution in [0.5, 0.6) is 0 Å². The van der Waals surface area contributed by atoms with Crippen molar-refractivity contribution in [3.8, 4) is 11.1 Å². The van der Waals surface area contributed by atoms with Crippen molar-refractivity contribution in [2.75, 3.05) is 0 Å². The number of hydrogen-bond acceptors (Lipinski definition) is 1. The number of rotatable bonds is 6. The van der Waals surface area contributed by atoms with Crippen LogP contribution in [0, 0.1) is 0 Å². The van der Waals surface area contributed by atoms with Crippen molar-refractivity contribution in [2.45, 2.75) is 99.0 Å². The van der Waals surface area contributed by atoms with Crippen molar-refractivity contribution in [3.63, 3.8) is 0 Å². The molecule has 2 nitrogen and oxygen atoms in total. The Labute approximate surface area is 161 Å². The molecule has 0 saturated heterocycles. The number of aromatic nitrogens is 2. The fourth-order valence-corrected chi connectivity index (χ4v) is 3.91. The first kappa shape index (κ1) is 20.7. The van der Waals surface area contributed by atoms with E-state index in [2.05, 4.69) is 92.1 Å². The third kappa shape index (κ3) is 3.75. The highest BCUT2D eigenvalue weighted by molar-refractivity contribution is 5.77. The summed E-state index contributed by atoms with van der Waals surface area (Å²) in [5.74, 6) is 1.83. The smallest absolute Gasteiger partial charge is 0.0731 e. The molecule has 0 atom stereocenters. The Morgan fingerprint density at radius 3 is 1.50 bits per heavy atom. The molecule has 0 fully saturated rings. The van der Waals surface area contributed by atoms with Gasteiger partial charge in [0.05, 0.1) is 5.69 Å². The monoisotopic (exact) mass is 354 g/mol. The van der Waals surface area contributed by atoms with Crippen LogP contribution < -0.4 is 0 Å². The highest BCUT2D eigenvalue weighted by Gasteiger charge is 2.28. The van der Waals surface area contributed by atoms with E-state index in [0.29, 0.717) is 29.7 Å². The minimum Gasteiger partial charge on any atom is -0.266 e. The van der Waals surface area contributed by atoms with Crippen LogP contribution in [-0.2, 0) is 0 Å². The van der Waals surface area contributed by atoms with Gasteiger partial charge in [-0.25, -0.2) is 0 Å². The molecule has 0 unspecified atom stereocenters. The summed E-state index contributed by atoms with van der Waals surface area (Å²) in [6.45, 7) is 22.9. The van der Waals surface area contributed by atoms with E-state index in [1.165, 1.54) is 33.6 Å². The molecule has 0 spiro atoms. The molecule has 0 aliphatic rings. The molecule has 0 aliphatic carbocycles. The standard InChI is InChI=1S/C24H38N2/c1-14(2)19-12-11-13-20(15(3)4)21(19)22-23(16(5)6)25-26(18(9)10)24(22)17(7)8/h11-18H,1-10H3. The maximum atomic E-state index is 5.12. The van der Waals surface area contributed by atoms with Gasteiger partial charge in [-0.15, -0.1) is 0 Å². The summed E-state index contributed by atoms with van der Waals surface area (Å²) in [4.78, 5) is 0. The fraction of sp³-hybridized carbons (Fsp3) is 0.625. The van der Waals surface area contributed by atoms with Crippen molar-refractivity contribution < 1.29 is 0 Å². The molecule has 0 bridgehead atoms. The zero-order valence-corrected chi connectivity index (χ0v) is 18.5. The maximum Gasteiger partial charge on any atom is 0.0731 e. The molecule has 1 aromatic carbocycles. The lowest BCUT2D eigenvalue weighted by Gasteiger charge is -2.23. The van der Waals surface area contributed by atoms with Gasteiger partial charge in [-0.1, -0.05) is 73.6 Å². The third-order valence-corrected chi connectivity index (χ3v) is 5.18. The average Bonchev–Trinajstić information content (AvgIpc) is 2.94. The average molecular weight is 355 g/mol. The molecule has 144 valence electrons. The predicted molar refractivity (Wildman–Crippen MR) is 114 cm³/mol. The van der Waals surface area contributed by atoms with Crippen LogP contribution in [0.25, 0.3) is 11.1 Å². The van der Waals surface area contributed by atoms with Gasteiger partial charge in [0.15, 0.2) is 0 Å². The van der Waals surface area contributed by atoms with Crippen molar-refractivity contribution in [1.29, 1.82) is 0 Å². The summed E-state index contributed by atoms with van der Waals surface area (Å²) in [5.41, 5.74) is 8.37. The molecule has 0 amide bonds. The van der Waals surface area contributed by atoms with Crippen LogP contribution in [0.2, 0.25) is 0 Å². The van der Waals surface area contributed by atoms with Crippen molar-refractivity contribution in [3.05, 3.63) is 40.7 Å². The van der Waals surface area contributed by atoms with Crippen molar-refractivity contribution in [1.82, 2.24) is 9.78 Å². The van der Waals surface area contributed by atoms with Gasteiger partial charge in [0.1, 0.15) is 0 Å². The third-order valence-electron chi connectivity index (χ3n) is 5.18. The van der Waals surface area contributed by atoms with Crippen LogP contribution in [0.4, 0.5) is 0 Å². The van der Waals surface area contributed by atoms with E-state index in [1.54, 1.807) is 0 Å². The van der Waals surface area contributed by atoms with E-state index in [0.717, 1.165) is 0 Å². The van der Waals surface area contributed by atoms with Crippen molar-refractivity contribution >= 4 is 0 Å². The summed E-state index contributed by atoms with van der Waals surface area (Å²) in [7, 11) is 0. The summed E-state index contributed by atoms with van der Waals surface area (Å²) in [6.07, 6.45) is 0. The molecule has 0 aliphatic heterocycles. The van der Waals surface area contributed by atoms with Gasteiger partial charge in [0, 0.05) is 17.3 Å². The lowest BCUT2D eigenvalue weighted by atomic mass is 9.81. The second-order valence-electron chi connectivity index (χ2n) is 9.11. The van der Waals surface area contributed by atoms with E-state index < -0.39 is 0 Å². The molecule has 1 aromatic heterocycles. The molecule has 1 heterocycles. The zero-order valence-electron chi connectivity index (χ0n) is 18.5. The van der Waals surface area contributed by atoms with Crippen LogP contribution >= 0.6 is 0 Å². The first-order valence-electron chi connectivity index (χ1n) is 10.3. The normalized spacial score (nSPS) is 12.4. The van der Waals surface area contributed by atoms with E-state index in [-0.39, 0.29) is 0 Å². The Morgan fingerprint density at radius 2 is 1.15 bits per heavy atom. The Hall–Kier alpha value is -1.57. The van der Waals surface area contributed by atoms with Crippen LogP contribution in [0.1, 0.15) is 121 Å². The Kier molecular flexibility index (Phi) is 6.37. The van der Waals surface area contributed by atoms with Gasteiger partial charge in [-0.3, -0.25) is 4.68 Å². The van der Waals surface area contributed by atoms with Gasteiger partial charge in [0.25, 0.3) is 0 Å². The van der Waals surface area contributed by atoms with Crippen LogP contribution in [-0.4, -0.2) is 9.78 Å². The zero-order chi connectivity index (χ0) is 19.8. The van der Waals surface area contributed by atoms with Gasteiger partial charge in [-0.05, 0) is 54.2 Å². The molecule has 0 radical (unpaired) electrons. The van der Waals surface area contributed by atoms with E-state index in [9.17, 15) is 0 Å². The fourth-order valence-electron chi connectivity index (χ4n) is 3.91. The van der Waals surface area contributed by atoms with E-state index in [1.807, 2.05) is 0 Å². The predicted octanol–water partition coefficient (Wildman–Crippen LogP) is 7.62. The van der Waals surface area contributed by atoms with Gasteiger partial charge >= 0.3 is 0 Å². The minimum absolute atomic E-state index is 0.368. The SMILES string of the molecule is CC(C)c1cccc(C(C)C)c1-c1c(C(C)C)nn(C(C)C)c1C(C)C. The summed E-state index contributed by atoms with van der Waals surface area (Å²) in [5, 5.41) is 5.12. The lowest BCUT2D eigenvalue weighted by Crippen LogP contribution is -2.10. The summed E-state index contributed by atoms with van der Waals surface area (Å²) >= 11 is 0.